The minimum absolute atomic E-state index is 0.0653. The predicted octanol–water partition coefficient (Wildman–Crippen LogP) is 2.79. The number of nitrogens with zero attached hydrogens (tertiary/aromatic N) is 1. The van der Waals surface area contributed by atoms with Crippen LogP contribution < -0.4 is 4.74 Å². The van der Waals surface area contributed by atoms with Gasteiger partial charge in [-0.15, -0.1) is 0 Å². The normalized spacial score (nSPS) is 11.5. The van der Waals surface area contributed by atoms with Crippen molar-refractivity contribution in [1.82, 2.24) is 4.98 Å². The Morgan fingerprint density at radius 1 is 1.53 bits per heavy atom. The Morgan fingerprint density at radius 2 is 2.20 bits per heavy atom. The highest BCUT2D eigenvalue weighted by atomic mass is 35.5. The zero-order chi connectivity index (χ0) is 11.5. The highest BCUT2D eigenvalue weighted by molar-refractivity contribution is 6.31. The summed E-state index contributed by atoms with van der Waals surface area (Å²) in [4.78, 5) is 4.07. The topological polar surface area (TPSA) is 42.4 Å². The van der Waals surface area contributed by atoms with Crippen LogP contribution in [0.5, 0.6) is 5.88 Å². The summed E-state index contributed by atoms with van der Waals surface area (Å²) in [6, 6.07) is 1.66. The van der Waals surface area contributed by atoms with Crippen LogP contribution in [0.3, 0.4) is 0 Å². The van der Waals surface area contributed by atoms with E-state index in [1.54, 1.807) is 12.3 Å². The highest BCUT2D eigenvalue weighted by Gasteiger charge is 2.19. The molecule has 4 heteroatoms. The average Bonchev–Trinajstić information content (AvgIpc) is 2.21. The molecule has 0 aliphatic heterocycles. The Bertz CT molecular complexity index is 339. The molecule has 0 amide bonds. The number of aromatic nitrogens is 1. The number of hydrogen-bond acceptors (Lipinski definition) is 3. The van der Waals surface area contributed by atoms with Gasteiger partial charge in [0.1, 0.15) is 10.6 Å². The Morgan fingerprint density at radius 3 is 2.67 bits per heavy atom. The van der Waals surface area contributed by atoms with Gasteiger partial charge in [-0.05, 0) is 31.9 Å². The number of pyridine rings is 1. The van der Waals surface area contributed by atoms with Gasteiger partial charge in [-0.3, -0.25) is 0 Å². The molecule has 0 fully saturated rings. The van der Waals surface area contributed by atoms with Crippen LogP contribution in [0.2, 0.25) is 5.02 Å². The molecule has 1 aromatic heterocycles. The van der Waals surface area contributed by atoms with Crippen molar-refractivity contribution in [3.8, 4) is 5.88 Å². The van der Waals surface area contributed by atoms with E-state index in [2.05, 4.69) is 4.98 Å². The SMILES string of the molecule is CCC(C)(C)Oc1ncc(CO)cc1Cl. The summed E-state index contributed by atoms with van der Waals surface area (Å²) in [6.45, 7) is 5.93. The average molecular weight is 230 g/mol. The van der Waals surface area contributed by atoms with Gasteiger partial charge in [-0.1, -0.05) is 18.5 Å². The van der Waals surface area contributed by atoms with Crippen molar-refractivity contribution in [1.29, 1.82) is 0 Å². The van der Waals surface area contributed by atoms with Gasteiger partial charge in [0.15, 0.2) is 0 Å². The van der Waals surface area contributed by atoms with Crippen molar-refractivity contribution in [2.75, 3.05) is 0 Å². The Balaban J connectivity index is 2.87. The summed E-state index contributed by atoms with van der Waals surface area (Å²) in [7, 11) is 0. The number of ether oxygens (including phenoxy) is 1. The van der Waals surface area contributed by atoms with Gasteiger partial charge in [0.2, 0.25) is 5.88 Å². The second kappa shape index (κ2) is 4.81. The van der Waals surface area contributed by atoms with Crippen LogP contribution >= 0.6 is 11.6 Å². The van der Waals surface area contributed by atoms with Crippen LogP contribution in [0, 0.1) is 0 Å². The predicted molar refractivity (Wildman–Crippen MR) is 60.2 cm³/mol. The van der Waals surface area contributed by atoms with Crippen molar-refractivity contribution in [2.24, 2.45) is 0 Å². The van der Waals surface area contributed by atoms with Gasteiger partial charge in [0.05, 0.1) is 6.61 Å². The summed E-state index contributed by atoms with van der Waals surface area (Å²) in [6.07, 6.45) is 2.43. The molecule has 0 atom stereocenters. The molecule has 1 rings (SSSR count). The maximum Gasteiger partial charge on any atom is 0.233 e. The van der Waals surface area contributed by atoms with E-state index in [9.17, 15) is 0 Å². The van der Waals surface area contributed by atoms with Gasteiger partial charge >= 0.3 is 0 Å². The van der Waals surface area contributed by atoms with E-state index in [0.717, 1.165) is 6.42 Å². The Labute approximate surface area is 95.1 Å². The van der Waals surface area contributed by atoms with Crippen LogP contribution in [-0.4, -0.2) is 15.7 Å². The third kappa shape index (κ3) is 3.36. The summed E-state index contributed by atoms with van der Waals surface area (Å²) < 4.78 is 5.66. The van der Waals surface area contributed by atoms with Gasteiger partial charge in [0.25, 0.3) is 0 Å². The second-order valence-electron chi connectivity index (χ2n) is 4.00. The van der Waals surface area contributed by atoms with Crippen LogP contribution in [0.25, 0.3) is 0 Å². The molecule has 15 heavy (non-hydrogen) atoms. The van der Waals surface area contributed by atoms with Gasteiger partial charge in [-0.2, -0.15) is 0 Å². The first kappa shape index (κ1) is 12.3. The van der Waals surface area contributed by atoms with Crippen LogP contribution in [0.15, 0.2) is 12.3 Å². The number of aliphatic hydroxyl groups is 1. The summed E-state index contributed by atoms with van der Waals surface area (Å²) >= 11 is 5.97. The summed E-state index contributed by atoms with van der Waals surface area (Å²) in [5, 5.41) is 9.33. The molecule has 0 unspecified atom stereocenters. The molecule has 1 heterocycles. The molecule has 0 radical (unpaired) electrons. The molecule has 0 aliphatic rings. The molecular weight excluding hydrogens is 214 g/mol. The van der Waals surface area contributed by atoms with Crippen LogP contribution in [0.1, 0.15) is 32.8 Å². The van der Waals surface area contributed by atoms with Gasteiger partial charge in [0, 0.05) is 6.20 Å². The van der Waals surface area contributed by atoms with E-state index in [-0.39, 0.29) is 12.2 Å². The zero-order valence-electron chi connectivity index (χ0n) is 9.25. The van der Waals surface area contributed by atoms with E-state index in [1.165, 1.54) is 0 Å². The van der Waals surface area contributed by atoms with E-state index in [4.69, 9.17) is 21.4 Å². The lowest BCUT2D eigenvalue weighted by Gasteiger charge is -2.24. The third-order valence-corrected chi connectivity index (χ3v) is 2.54. The van der Waals surface area contributed by atoms with Crippen molar-refractivity contribution < 1.29 is 9.84 Å². The molecule has 1 aromatic rings. The third-order valence-electron chi connectivity index (χ3n) is 2.27. The minimum Gasteiger partial charge on any atom is -0.471 e. The van der Waals surface area contributed by atoms with E-state index >= 15 is 0 Å². The molecule has 84 valence electrons. The first-order valence-corrected chi connectivity index (χ1v) is 5.30. The fourth-order valence-corrected chi connectivity index (χ4v) is 1.19. The molecule has 0 aromatic carbocycles. The van der Waals surface area contributed by atoms with Crippen LogP contribution in [0.4, 0.5) is 0 Å². The lowest BCUT2D eigenvalue weighted by Crippen LogP contribution is -2.27. The van der Waals surface area contributed by atoms with Crippen molar-refractivity contribution in [2.45, 2.75) is 39.4 Å². The molecule has 0 saturated carbocycles. The van der Waals surface area contributed by atoms with E-state index < -0.39 is 0 Å². The molecule has 0 bridgehead atoms. The lowest BCUT2D eigenvalue weighted by molar-refractivity contribution is 0.0990. The molecule has 0 aliphatic carbocycles. The molecule has 1 N–H and O–H groups in total. The zero-order valence-corrected chi connectivity index (χ0v) is 10.0. The monoisotopic (exact) mass is 229 g/mol. The van der Waals surface area contributed by atoms with Crippen LogP contribution in [-0.2, 0) is 6.61 Å². The van der Waals surface area contributed by atoms with Gasteiger partial charge in [-0.25, -0.2) is 4.98 Å². The molecule has 3 nitrogen and oxygen atoms in total. The van der Waals surface area contributed by atoms with Gasteiger partial charge < -0.3 is 9.84 Å². The highest BCUT2D eigenvalue weighted by Crippen LogP contribution is 2.27. The fraction of sp³-hybridized carbons (Fsp3) is 0.545. The van der Waals surface area contributed by atoms with Crippen molar-refractivity contribution >= 4 is 11.6 Å². The quantitative estimate of drug-likeness (QED) is 0.863. The lowest BCUT2D eigenvalue weighted by atomic mass is 10.1. The number of halogens is 1. The molecule has 0 spiro atoms. The number of rotatable bonds is 4. The number of hydrogen-bond donors (Lipinski definition) is 1. The summed E-state index contributed by atoms with van der Waals surface area (Å²) in [5.74, 6) is 0.417. The first-order chi connectivity index (χ1) is 6.98. The Kier molecular flexibility index (Phi) is 3.94. The van der Waals surface area contributed by atoms with E-state index in [0.29, 0.717) is 16.5 Å². The minimum atomic E-state index is -0.280. The standard InChI is InChI=1S/C11H16ClNO2/c1-4-11(2,3)15-10-9(12)5-8(7-14)6-13-10/h5-6,14H,4,7H2,1-3H3. The Hall–Kier alpha value is -0.800. The first-order valence-electron chi connectivity index (χ1n) is 4.93. The smallest absolute Gasteiger partial charge is 0.233 e. The molecular formula is C11H16ClNO2. The van der Waals surface area contributed by atoms with Crippen molar-refractivity contribution in [3.05, 3.63) is 22.8 Å². The number of aliphatic hydroxyl groups excluding tert-OH is 1. The maximum atomic E-state index is 8.89. The molecule has 0 saturated heterocycles. The van der Waals surface area contributed by atoms with Crippen molar-refractivity contribution in [3.63, 3.8) is 0 Å². The summed E-state index contributed by atoms with van der Waals surface area (Å²) in [5.41, 5.74) is 0.402. The fourth-order valence-electron chi connectivity index (χ4n) is 0.960. The second-order valence-corrected chi connectivity index (χ2v) is 4.41. The maximum absolute atomic E-state index is 8.89. The largest absolute Gasteiger partial charge is 0.471 e. The van der Waals surface area contributed by atoms with E-state index in [1.807, 2.05) is 20.8 Å².